The Bertz CT molecular complexity index is 748. The molecule has 1 fully saturated rings. The lowest BCUT2D eigenvalue weighted by molar-refractivity contribution is -0.132. The van der Waals surface area contributed by atoms with Crippen LogP contribution in [0.3, 0.4) is 0 Å². The lowest BCUT2D eigenvalue weighted by Crippen LogP contribution is -2.45. The minimum Gasteiger partial charge on any atom is -0.493 e. The third-order valence-corrected chi connectivity index (χ3v) is 6.33. The molecule has 0 aromatic heterocycles. The highest BCUT2D eigenvalue weighted by Gasteiger charge is 2.34. The third kappa shape index (κ3) is 4.36. The first-order valence-electron chi connectivity index (χ1n) is 8.14. The Hall–Kier alpha value is -1.96. The van der Waals surface area contributed by atoms with Gasteiger partial charge in [-0.2, -0.15) is 0 Å². The number of rotatable bonds is 6. The number of anilines is 1. The average Bonchev–Trinajstić information content (AvgIpc) is 2.94. The van der Waals surface area contributed by atoms with Crippen LogP contribution >= 0.6 is 0 Å². The van der Waals surface area contributed by atoms with Crippen molar-refractivity contribution >= 4 is 21.4 Å². The van der Waals surface area contributed by atoms with Gasteiger partial charge in [-0.05, 0) is 31.9 Å². The Labute approximate surface area is 149 Å². The number of methoxy groups -OCH3 is 2. The summed E-state index contributed by atoms with van der Waals surface area (Å²) in [5, 5.41) is 3.18. The molecule has 1 amide bonds. The zero-order valence-corrected chi connectivity index (χ0v) is 16.1. The van der Waals surface area contributed by atoms with E-state index in [-0.39, 0.29) is 23.5 Å². The number of hydrogen-bond acceptors (Lipinski definition) is 6. The predicted molar refractivity (Wildman–Crippen MR) is 97.2 cm³/mol. The topological polar surface area (TPSA) is 84.9 Å². The predicted octanol–water partition coefficient (Wildman–Crippen LogP) is 1.46. The number of nitrogens with one attached hydrogen (secondary N) is 1. The first kappa shape index (κ1) is 19.4. The Balaban J connectivity index is 2.11. The highest BCUT2D eigenvalue weighted by molar-refractivity contribution is 7.91. The first-order chi connectivity index (χ1) is 11.7. The van der Waals surface area contributed by atoms with Crippen LogP contribution in [0.25, 0.3) is 0 Å². The van der Waals surface area contributed by atoms with Crippen molar-refractivity contribution in [2.24, 2.45) is 0 Å². The van der Waals surface area contributed by atoms with E-state index in [2.05, 4.69) is 5.32 Å². The van der Waals surface area contributed by atoms with Crippen molar-refractivity contribution in [2.75, 3.05) is 38.1 Å². The van der Waals surface area contributed by atoms with Crippen molar-refractivity contribution in [3.8, 4) is 11.5 Å². The zero-order chi connectivity index (χ0) is 18.8. The largest absolute Gasteiger partial charge is 0.493 e. The van der Waals surface area contributed by atoms with Crippen LogP contribution in [0.15, 0.2) is 12.1 Å². The molecule has 1 aliphatic rings. The third-order valence-electron chi connectivity index (χ3n) is 4.58. The number of carbonyl (C=O) groups excluding carboxylic acids is 1. The van der Waals surface area contributed by atoms with Gasteiger partial charge in [0.25, 0.3) is 0 Å². The van der Waals surface area contributed by atoms with Crippen LogP contribution in [0.4, 0.5) is 5.69 Å². The van der Waals surface area contributed by atoms with E-state index < -0.39 is 15.9 Å². The molecular formula is C17H26N2O5S. The standard InChI is InChI=1S/C17H26N2O5S/c1-11-8-15(23-4)16(24-5)9-14(11)18-12(2)17(20)19(3)13-6-7-25(21,22)10-13/h8-9,12-13,18H,6-7,10H2,1-5H3/t12-,13+/m0/s1. The molecule has 1 aliphatic heterocycles. The summed E-state index contributed by atoms with van der Waals surface area (Å²) in [6.07, 6.45) is 0.493. The molecule has 1 N–H and O–H groups in total. The molecule has 2 atom stereocenters. The smallest absolute Gasteiger partial charge is 0.244 e. The first-order valence-corrected chi connectivity index (χ1v) is 9.97. The minimum atomic E-state index is -3.03. The summed E-state index contributed by atoms with van der Waals surface area (Å²) < 4.78 is 33.8. The number of amides is 1. The maximum atomic E-state index is 12.6. The summed E-state index contributed by atoms with van der Waals surface area (Å²) in [6, 6.07) is 2.88. The summed E-state index contributed by atoms with van der Waals surface area (Å²) in [5.74, 6) is 1.24. The van der Waals surface area contributed by atoms with Crippen molar-refractivity contribution in [1.29, 1.82) is 0 Å². The molecular weight excluding hydrogens is 344 g/mol. The minimum absolute atomic E-state index is 0.0390. The van der Waals surface area contributed by atoms with Crippen LogP contribution in [-0.2, 0) is 14.6 Å². The molecule has 0 bridgehead atoms. The van der Waals surface area contributed by atoms with Gasteiger partial charge >= 0.3 is 0 Å². The zero-order valence-electron chi connectivity index (χ0n) is 15.3. The molecule has 1 heterocycles. The molecule has 0 spiro atoms. The molecule has 0 saturated carbocycles. The number of sulfone groups is 1. The van der Waals surface area contributed by atoms with E-state index in [9.17, 15) is 13.2 Å². The highest BCUT2D eigenvalue weighted by atomic mass is 32.2. The van der Waals surface area contributed by atoms with Gasteiger partial charge in [-0.25, -0.2) is 8.42 Å². The van der Waals surface area contributed by atoms with E-state index in [0.717, 1.165) is 11.3 Å². The number of ether oxygens (including phenoxy) is 2. The van der Waals surface area contributed by atoms with Gasteiger partial charge in [0.15, 0.2) is 21.3 Å². The second-order valence-corrected chi connectivity index (χ2v) is 8.62. The number of hydrogen-bond donors (Lipinski definition) is 1. The Morgan fingerprint density at radius 3 is 2.40 bits per heavy atom. The fraction of sp³-hybridized carbons (Fsp3) is 0.588. The van der Waals surface area contributed by atoms with E-state index in [1.54, 1.807) is 34.3 Å². The van der Waals surface area contributed by atoms with Gasteiger partial charge in [-0.1, -0.05) is 0 Å². The molecule has 1 aromatic carbocycles. The number of likely N-dealkylation sites (N-methyl/N-ethyl adjacent to an activating group) is 1. The van der Waals surface area contributed by atoms with E-state index in [0.29, 0.717) is 17.9 Å². The number of benzene rings is 1. The Morgan fingerprint density at radius 1 is 1.28 bits per heavy atom. The van der Waals surface area contributed by atoms with Crippen LogP contribution < -0.4 is 14.8 Å². The van der Waals surface area contributed by atoms with Gasteiger partial charge in [0.05, 0.1) is 25.7 Å². The van der Waals surface area contributed by atoms with Gasteiger partial charge < -0.3 is 19.7 Å². The summed E-state index contributed by atoms with van der Waals surface area (Å²) in [4.78, 5) is 14.2. The maximum Gasteiger partial charge on any atom is 0.244 e. The quantitative estimate of drug-likeness (QED) is 0.816. The van der Waals surface area contributed by atoms with Gasteiger partial charge in [-0.15, -0.1) is 0 Å². The van der Waals surface area contributed by atoms with E-state index in [4.69, 9.17) is 9.47 Å². The molecule has 0 unspecified atom stereocenters. The Morgan fingerprint density at radius 2 is 1.88 bits per heavy atom. The van der Waals surface area contributed by atoms with Crippen molar-refractivity contribution in [3.05, 3.63) is 17.7 Å². The summed E-state index contributed by atoms with van der Waals surface area (Å²) in [7, 11) is 1.76. The fourth-order valence-corrected chi connectivity index (χ4v) is 4.77. The number of nitrogens with zero attached hydrogens (tertiary/aromatic N) is 1. The second kappa shape index (κ2) is 7.51. The van der Waals surface area contributed by atoms with E-state index in [1.807, 2.05) is 13.0 Å². The summed E-state index contributed by atoms with van der Waals surface area (Å²) in [6.45, 7) is 3.67. The van der Waals surface area contributed by atoms with Crippen LogP contribution in [0.1, 0.15) is 18.9 Å². The summed E-state index contributed by atoms with van der Waals surface area (Å²) in [5.41, 5.74) is 1.69. The average molecular weight is 370 g/mol. The van der Waals surface area contributed by atoms with Gasteiger partial charge in [0.1, 0.15) is 6.04 Å². The molecule has 140 valence electrons. The van der Waals surface area contributed by atoms with Crippen molar-refractivity contribution in [1.82, 2.24) is 4.90 Å². The highest BCUT2D eigenvalue weighted by Crippen LogP contribution is 2.33. The molecule has 0 aliphatic carbocycles. The maximum absolute atomic E-state index is 12.6. The summed E-state index contributed by atoms with van der Waals surface area (Å²) >= 11 is 0. The van der Waals surface area contributed by atoms with Gasteiger partial charge in [0, 0.05) is 24.8 Å². The normalized spacial score (nSPS) is 20.0. The van der Waals surface area contributed by atoms with E-state index in [1.165, 1.54) is 4.90 Å². The van der Waals surface area contributed by atoms with Crippen molar-refractivity contribution in [2.45, 2.75) is 32.4 Å². The van der Waals surface area contributed by atoms with Crippen LogP contribution in [-0.4, -0.2) is 64.1 Å². The Kier molecular flexibility index (Phi) is 5.82. The lowest BCUT2D eigenvalue weighted by Gasteiger charge is -2.28. The fourth-order valence-electron chi connectivity index (χ4n) is 3.00. The SMILES string of the molecule is COc1cc(C)c(N[C@@H](C)C(=O)N(C)[C@@H]2CCS(=O)(=O)C2)cc1OC. The molecule has 1 saturated heterocycles. The van der Waals surface area contributed by atoms with Gasteiger partial charge in [-0.3, -0.25) is 4.79 Å². The number of carbonyl (C=O) groups is 1. The van der Waals surface area contributed by atoms with E-state index >= 15 is 0 Å². The van der Waals surface area contributed by atoms with Crippen LogP contribution in [0, 0.1) is 6.92 Å². The molecule has 8 heteroatoms. The number of aryl methyl sites for hydroxylation is 1. The molecule has 0 radical (unpaired) electrons. The van der Waals surface area contributed by atoms with Crippen molar-refractivity contribution < 1.29 is 22.7 Å². The van der Waals surface area contributed by atoms with Crippen molar-refractivity contribution in [3.63, 3.8) is 0 Å². The monoisotopic (exact) mass is 370 g/mol. The van der Waals surface area contributed by atoms with Crippen LogP contribution in [0.5, 0.6) is 11.5 Å². The molecule has 2 rings (SSSR count). The molecule has 25 heavy (non-hydrogen) atoms. The lowest BCUT2D eigenvalue weighted by atomic mass is 10.1. The van der Waals surface area contributed by atoms with Gasteiger partial charge in [0.2, 0.25) is 5.91 Å². The molecule has 1 aromatic rings. The molecule has 7 nitrogen and oxygen atoms in total. The second-order valence-electron chi connectivity index (χ2n) is 6.39. The van der Waals surface area contributed by atoms with Crippen LogP contribution in [0.2, 0.25) is 0 Å².